The standard InChI is InChI=1S/C14H14BClO3/c1-10-8-12(6-7-13(10)15(17)18)19-9-11-4-2-3-5-14(11)16/h2-8,17-18H,9H2,1H3. The molecule has 0 saturated carbocycles. The van der Waals surface area contributed by atoms with Gasteiger partial charge in [-0.05, 0) is 36.1 Å². The minimum Gasteiger partial charge on any atom is -0.489 e. The number of halogens is 1. The van der Waals surface area contributed by atoms with E-state index in [2.05, 4.69) is 0 Å². The zero-order valence-corrected chi connectivity index (χ0v) is 11.3. The van der Waals surface area contributed by atoms with Crippen LogP contribution in [0.4, 0.5) is 0 Å². The van der Waals surface area contributed by atoms with E-state index in [1.54, 1.807) is 25.1 Å². The molecule has 0 spiro atoms. The number of hydrogen-bond acceptors (Lipinski definition) is 3. The van der Waals surface area contributed by atoms with Crippen LogP contribution in [0.5, 0.6) is 5.75 Å². The van der Waals surface area contributed by atoms with Gasteiger partial charge in [0.2, 0.25) is 0 Å². The average Bonchev–Trinajstić information content (AvgIpc) is 2.37. The van der Waals surface area contributed by atoms with Crippen molar-refractivity contribution in [2.45, 2.75) is 13.5 Å². The summed E-state index contributed by atoms with van der Waals surface area (Å²) < 4.78 is 5.64. The lowest BCUT2D eigenvalue weighted by Crippen LogP contribution is -2.31. The van der Waals surface area contributed by atoms with Crippen LogP contribution in [0.3, 0.4) is 0 Å². The Morgan fingerprint density at radius 1 is 1.16 bits per heavy atom. The van der Waals surface area contributed by atoms with E-state index in [1.807, 2.05) is 24.3 Å². The maximum atomic E-state index is 9.14. The van der Waals surface area contributed by atoms with E-state index < -0.39 is 7.12 Å². The summed E-state index contributed by atoms with van der Waals surface area (Å²) in [5.74, 6) is 0.668. The van der Waals surface area contributed by atoms with E-state index in [4.69, 9.17) is 26.4 Å². The summed E-state index contributed by atoms with van der Waals surface area (Å²) in [4.78, 5) is 0. The fourth-order valence-corrected chi connectivity index (χ4v) is 1.99. The van der Waals surface area contributed by atoms with Crippen molar-refractivity contribution in [2.75, 3.05) is 0 Å². The van der Waals surface area contributed by atoms with Gasteiger partial charge in [-0.15, -0.1) is 0 Å². The molecule has 2 aromatic rings. The second-order valence-electron chi connectivity index (χ2n) is 4.27. The predicted molar refractivity (Wildman–Crippen MR) is 76.8 cm³/mol. The SMILES string of the molecule is Cc1cc(OCc2ccccc2Cl)ccc1B(O)O. The van der Waals surface area contributed by atoms with Crippen molar-refractivity contribution < 1.29 is 14.8 Å². The van der Waals surface area contributed by atoms with Gasteiger partial charge in [0, 0.05) is 10.6 Å². The summed E-state index contributed by atoms with van der Waals surface area (Å²) >= 11 is 6.04. The van der Waals surface area contributed by atoms with Crippen molar-refractivity contribution in [3.05, 3.63) is 58.6 Å². The van der Waals surface area contributed by atoms with Crippen LogP contribution in [0.25, 0.3) is 0 Å². The molecule has 2 rings (SSSR count). The van der Waals surface area contributed by atoms with Gasteiger partial charge < -0.3 is 14.8 Å². The van der Waals surface area contributed by atoms with E-state index in [0.717, 1.165) is 11.1 Å². The zero-order valence-electron chi connectivity index (χ0n) is 10.5. The van der Waals surface area contributed by atoms with Gasteiger partial charge in [0.05, 0.1) is 0 Å². The van der Waals surface area contributed by atoms with Gasteiger partial charge in [-0.1, -0.05) is 35.9 Å². The van der Waals surface area contributed by atoms with Crippen molar-refractivity contribution in [2.24, 2.45) is 0 Å². The average molecular weight is 277 g/mol. The molecule has 0 saturated heterocycles. The molecule has 0 radical (unpaired) electrons. The Hall–Kier alpha value is -1.49. The highest BCUT2D eigenvalue weighted by molar-refractivity contribution is 6.59. The number of rotatable bonds is 4. The van der Waals surface area contributed by atoms with Crippen molar-refractivity contribution in [1.29, 1.82) is 0 Å². The van der Waals surface area contributed by atoms with E-state index in [0.29, 0.717) is 22.8 Å². The highest BCUT2D eigenvalue weighted by Gasteiger charge is 2.14. The second-order valence-corrected chi connectivity index (χ2v) is 4.68. The summed E-state index contributed by atoms with van der Waals surface area (Å²) in [5, 5.41) is 18.9. The molecule has 98 valence electrons. The fraction of sp³-hybridized carbons (Fsp3) is 0.143. The second kappa shape index (κ2) is 6.11. The molecule has 0 aliphatic carbocycles. The first-order valence-corrected chi connectivity index (χ1v) is 6.28. The minimum atomic E-state index is -1.46. The summed E-state index contributed by atoms with van der Waals surface area (Å²) in [6.45, 7) is 2.18. The van der Waals surface area contributed by atoms with Crippen LogP contribution in [0, 0.1) is 6.92 Å². The maximum absolute atomic E-state index is 9.14. The lowest BCUT2D eigenvalue weighted by Gasteiger charge is -2.10. The van der Waals surface area contributed by atoms with Crippen LogP contribution in [0.2, 0.25) is 5.02 Å². The van der Waals surface area contributed by atoms with Crippen LogP contribution >= 0.6 is 11.6 Å². The molecule has 3 nitrogen and oxygen atoms in total. The molecule has 0 heterocycles. The fourth-order valence-electron chi connectivity index (χ4n) is 1.80. The van der Waals surface area contributed by atoms with Crippen LogP contribution in [0.15, 0.2) is 42.5 Å². The van der Waals surface area contributed by atoms with Gasteiger partial charge in [-0.2, -0.15) is 0 Å². The predicted octanol–water partition coefficient (Wildman–Crippen LogP) is 1.91. The molecule has 5 heteroatoms. The molecular weight excluding hydrogens is 262 g/mol. The molecule has 0 amide bonds. The first-order chi connectivity index (χ1) is 9.08. The first kappa shape index (κ1) is 13.9. The Labute approximate surface area is 117 Å². The zero-order chi connectivity index (χ0) is 13.8. The van der Waals surface area contributed by atoms with Crippen molar-refractivity contribution in [3.63, 3.8) is 0 Å². The Balaban J connectivity index is 2.08. The normalized spacial score (nSPS) is 10.3. The van der Waals surface area contributed by atoms with E-state index in [-0.39, 0.29) is 0 Å². The Kier molecular flexibility index (Phi) is 4.48. The number of benzene rings is 2. The van der Waals surface area contributed by atoms with E-state index >= 15 is 0 Å². The third-order valence-electron chi connectivity index (χ3n) is 2.87. The summed E-state index contributed by atoms with van der Waals surface area (Å²) in [7, 11) is -1.46. The van der Waals surface area contributed by atoms with Gasteiger partial charge >= 0.3 is 7.12 Å². The van der Waals surface area contributed by atoms with Crippen molar-refractivity contribution >= 4 is 24.2 Å². The Morgan fingerprint density at radius 3 is 2.53 bits per heavy atom. The molecule has 0 aromatic heterocycles. The van der Waals surface area contributed by atoms with Gasteiger partial charge in [0.25, 0.3) is 0 Å². The van der Waals surface area contributed by atoms with Crippen molar-refractivity contribution in [3.8, 4) is 5.75 Å². The molecule has 0 fully saturated rings. The molecule has 0 bridgehead atoms. The molecule has 19 heavy (non-hydrogen) atoms. The first-order valence-electron chi connectivity index (χ1n) is 5.91. The third kappa shape index (κ3) is 3.50. The largest absolute Gasteiger partial charge is 0.489 e. The van der Waals surface area contributed by atoms with Crippen LogP contribution in [-0.2, 0) is 6.61 Å². The van der Waals surface area contributed by atoms with Crippen LogP contribution in [-0.4, -0.2) is 17.2 Å². The lowest BCUT2D eigenvalue weighted by molar-refractivity contribution is 0.306. The topological polar surface area (TPSA) is 49.7 Å². The molecule has 2 N–H and O–H groups in total. The summed E-state index contributed by atoms with van der Waals surface area (Å²) in [6.07, 6.45) is 0. The number of hydrogen-bond donors (Lipinski definition) is 2. The van der Waals surface area contributed by atoms with Crippen LogP contribution in [0.1, 0.15) is 11.1 Å². The smallest absolute Gasteiger partial charge is 0.488 e. The van der Waals surface area contributed by atoms with Crippen LogP contribution < -0.4 is 10.2 Å². The Bertz CT molecular complexity index is 572. The lowest BCUT2D eigenvalue weighted by atomic mass is 9.77. The third-order valence-corrected chi connectivity index (χ3v) is 3.24. The highest BCUT2D eigenvalue weighted by Crippen LogP contribution is 2.18. The molecular formula is C14H14BClO3. The minimum absolute atomic E-state index is 0.375. The van der Waals surface area contributed by atoms with Gasteiger partial charge in [0.1, 0.15) is 12.4 Å². The number of aryl methyl sites for hydroxylation is 1. The molecule has 0 atom stereocenters. The molecule has 0 unspecified atom stereocenters. The van der Waals surface area contributed by atoms with E-state index in [9.17, 15) is 0 Å². The monoisotopic (exact) mass is 276 g/mol. The molecule has 2 aromatic carbocycles. The van der Waals surface area contributed by atoms with E-state index in [1.165, 1.54) is 0 Å². The summed E-state index contributed by atoms with van der Waals surface area (Å²) in [6, 6.07) is 12.6. The van der Waals surface area contributed by atoms with Gasteiger partial charge in [-0.3, -0.25) is 0 Å². The molecule has 0 aliphatic rings. The quantitative estimate of drug-likeness (QED) is 0.839. The van der Waals surface area contributed by atoms with Gasteiger partial charge in [-0.25, -0.2) is 0 Å². The molecule has 0 aliphatic heterocycles. The van der Waals surface area contributed by atoms with Crippen molar-refractivity contribution in [1.82, 2.24) is 0 Å². The summed E-state index contributed by atoms with van der Waals surface area (Å²) in [5.41, 5.74) is 2.16. The van der Waals surface area contributed by atoms with Gasteiger partial charge in [0.15, 0.2) is 0 Å². The highest BCUT2D eigenvalue weighted by atomic mass is 35.5. The Morgan fingerprint density at radius 2 is 1.89 bits per heavy atom. The number of ether oxygens (including phenoxy) is 1. The maximum Gasteiger partial charge on any atom is 0.488 e.